The van der Waals surface area contributed by atoms with E-state index in [0.717, 1.165) is 22.9 Å². The molecule has 0 aliphatic carbocycles. The normalized spacial score (nSPS) is 16.5. The zero-order valence-electron chi connectivity index (χ0n) is 12.2. The molecule has 0 radical (unpaired) electrons. The standard InChI is InChI=1S/C16H23N3/c1-5-16(2,19(3)4)15(17)13-10-6-8-12-9-7-11-18-14(12)13/h6-11,15H,5,17H2,1-4H3. The van der Waals surface area contributed by atoms with Crippen LogP contribution >= 0.6 is 0 Å². The summed E-state index contributed by atoms with van der Waals surface area (Å²) in [5.74, 6) is 0. The molecule has 19 heavy (non-hydrogen) atoms. The lowest BCUT2D eigenvalue weighted by atomic mass is 9.83. The van der Waals surface area contributed by atoms with Crippen LogP contribution in [0.3, 0.4) is 0 Å². The van der Waals surface area contributed by atoms with Crippen LogP contribution in [0.25, 0.3) is 10.9 Å². The van der Waals surface area contributed by atoms with Gasteiger partial charge in [0.1, 0.15) is 0 Å². The fourth-order valence-electron chi connectivity index (χ4n) is 2.53. The van der Waals surface area contributed by atoms with Crippen LogP contribution in [0.4, 0.5) is 0 Å². The number of likely N-dealkylation sites (N-methyl/N-ethyl adjacent to an activating group) is 1. The highest BCUT2D eigenvalue weighted by Crippen LogP contribution is 2.33. The lowest BCUT2D eigenvalue weighted by molar-refractivity contribution is 0.132. The predicted octanol–water partition coefficient (Wildman–Crippen LogP) is 2.96. The number of rotatable bonds is 4. The molecule has 2 N–H and O–H groups in total. The maximum atomic E-state index is 6.57. The van der Waals surface area contributed by atoms with Gasteiger partial charge < -0.3 is 10.6 Å². The summed E-state index contributed by atoms with van der Waals surface area (Å²) in [7, 11) is 4.17. The number of hydrogen-bond donors (Lipinski definition) is 1. The van der Waals surface area contributed by atoms with Crippen molar-refractivity contribution < 1.29 is 0 Å². The minimum Gasteiger partial charge on any atom is -0.322 e. The number of aromatic nitrogens is 1. The highest BCUT2D eigenvalue weighted by molar-refractivity contribution is 5.82. The van der Waals surface area contributed by atoms with Gasteiger partial charge in [0.05, 0.1) is 11.6 Å². The second-order valence-corrected chi connectivity index (χ2v) is 5.51. The number of nitrogens with zero attached hydrogens (tertiary/aromatic N) is 2. The van der Waals surface area contributed by atoms with Crippen molar-refractivity contribution in [3.05, 3.63) is 42.1 Å². The van der Waals surface area contributed by atoms with E-state index in [1.165, 1.54) is 0 Å². The monoisotopic (exact) mass is 257 g/mol. The second kappa shape index (κ2) is 5.27. The Morgan fingerprint density at radius 2 is 1.95 bits per heavy atom. The van der Waals surface area contributed by atoms with Crippen LogP contribution in [-0.4, -0.2) is 29.5 Å². The number of fused-ring (bicyclic) bond motifs is 1. The van der Waals surface area contributed by atoms with Crippen molar-refractivity contribution in [2.45, 2.75) is 31.8 Å². The van der Waals surface area contributed by atoms with Gasteiger partial charge in [0.2, 0.25) is 0 Å². The lowest BCUT2D eigenvalue weighted by Gasteiger charge is -2.41. The van der Waals surface area contributed by atoms with Crippen molar-refractivity contribution in [2.24, 2.45) is 5.73 Å². The summed E-state index contributed by atoms with van der Waals surface area (Å²) in [6, 6.07) is 10.2. The van der Waals surface area contributed by atoms with Crippen LogP contribution in [-0.2, 0) is 0 Å². The third kappa shape index (κ3) is 2.36. The summed E-state index contributed by atoms with van der Waals surface area (Å²) < 4.78 is 0. The summed E-state index contributed by atoms with van der Waals surface area (Å²) in [4.78, 5) is 6.72. The largest absolute Gasteiger partial charge is 0.322 e. The molecule has 0 fully saturated rings. The first kappa shape index (κ1) is 14.0. The molecule has 2 rings (SSSR count). The van der Waals surface area contributed by atoms with Gasteiger partial charge in [-0.15, -0.1) is 0 Å². The number of para-hydroxylation sites is 1. The van der Waals surface area contributed by atoms with Crippen LogP contribution < -0.4 is 5.73 Å². The zero-order valence-corrected chi connectivity index (χ0v) is 12.2. The minimum absolute atomic E-state index is 0.0638. The van der Waals surface area contributed by atoms with Crippen molar-refractivity contribution >= 4 is 10.9 Å². The van der Waals surface area contributed by atoms with Gasteiger partial charge in [0, 0.05) is 17.1 Å². The van der Waals surface area contributed by atoms with E-state index in [9.17, 15) is 0 Å². The summed E-state index contributed by atoms with van der Waals surface area (Å²) >= 11 is 0. The molecule has 1 heterocycles. The Bertz CT molecular complexity index is 559. The van der Waals surface area contributed by atoms with Crippen molar-refractivity contribution in [3.8, 4) is 0 Å². The van der Waals surface area contributed by atoms with E-state index in [1.807, 2.05) is 12.3 Å². The van der Waals surface area contributed by atoms with Gasteiger partial charge in [-0.3, -0.25) is 4.98 Å². The fraction of sp³-hybridized carbons (Fsp3) is 0.438. The molecule has 0 aliphatic heterocycles. The van der Waals surface area contributed by atoms with Crippen LogP contribution in [0.1, 0.15) is 31.9 Å². The van der Waals surface area contributed by atoms with Gasteiger partial charge in [0.25, 0.3) is 0 Å². The van der Waals surface area contributed by atoms with Gasteiger partial charge in [-0.1, -0.05) is 31.2 Å². The molecule has 0 aliphatic rings. The average molecular weight is 257 g/mol. The molecule has 3 heteroatoms. The van der Waals surface area contributed by atoms with E-state index in [0.29, 0.717) is 0 Å². The molecule has 2 atom stereocenters. The van der Waals surface area contributed by atoms with E-state index in [-0.39, 0.29) is 11.6 Å². The minimum atomic E-state index is -0.0776. The molecule has 2 aromatic rings. The molecule has 0 spiro atoms. The van der Waals surface area contributed by atoms with Gasteiger partial charge in [-0.2, -0.15) is 0 Å². The van der Waals surface area contributed by atoms with E-state index in [1.54, 1.807) is 0 Å². The highest BCUT2D eigenvalue weighted by atomic mass is 15.2. The maximum Gasteiger partial charge on any atom is 0.0750 e. The SMILES string of the molecule is CCC(C)(C(N)c1cccc2cccnc12)N(C)C. The average Bonchev–Trinajstić information content (AvgIpc) is 2.44. The Labute approximate surface area is 115 Å². The van der Waals surface area contributed by atoms with Crippen LogP contribution in [0, 0.1) is 0 Å². The zero-order chi connectivity index (χ0) is 14.0. The highest BCUT2D eigenvalue weighted by Gasteiger charge is 2.34. The molecular weight excluding hydrogens is 234 g/mol. The van der Waals surface area contributed by atoms with Gasteiger partial charge in [-0.25, -0.2) is 0 Å². The molecule has 1 aromatic carbocycles. The molecule has 0 bridgehead atoms. The molecule has 2 unspecified atom stereocenters. The molecular formula is C16H23N3. The third-order valence-corrected chi connectivity index (χ3v) is 4.41. The lowest BCUT2D eigenvalue weighted by Crippen LogP contribution is -2.49. The van der Waals surface area contributed by atoms with Crippen LogP contribution in [0.2, 0.25) is 0 Å². The van der Waals surface area contributed by atoms with E-state index < -0.39 is 0 Å². The number of hydrogen-bond acceptors (Lipinski definition) is 3. The summed E-state index contributed by atoms with van der Waals surface area (Å²) in [6.07, 6.45) is 2.82. The first-order chi connectivity index (χ1) is 9.00. The summed E-state index contributed by atoms with van der Waals surface area (Å²) in [5, 5.41) is 1.15. The van der Waals surface area contributed by atoms with Gasteiger partial charge in [0.15, 0.2) is 0 Å². The van der Waals surface area contributed by atoms with Gasteiger partial charge >= 0.3 is 0 Å². The van der Waals surface area contributed by atoms with Crippen molar-refractivity contribution in [3.63, 3.8) is 0 Å². The molecule has 0 saturated heterocycles. The van der Waals surface area contributed by atoms with E-state index >= 15 is 0 Å². The number of pyridine rings is 1. The quantitative estimate of drug-likeness (QED) is 0.915. The first-order valence-electron chi connectivity index (χ1n) is 6.77. The Morgan fingerprint density at radius 1 is 1.26 bits per heavy atom. The number of benzene rings is 1. The Balaban J connectivity index is 2.55. The Kier molecular flexibility index (Phi) is 3.88. The maximum absolute atomic E-state index is 6.57. The van der Waals surface area contributed by atoms with E-state index in [4.69, 9.17) is 5.73 Å². The molecule has 0 saturated carbocycles. The predicted molar refractivity (Wildman–Crippen MR) is 81.1 cm³/mol. The Morgan fingerprint density at radius 3 is 2.58 bits per heavy atom. The van der Waals surface area contributed by atoms with Crippen LogP contribution in [0.5, 0.6) is 0 Å². The number of nitrogens with two attached hydrogens (primary N) is 1. The summed E-state index contributed by atoms with van der Waals surface area (Å²) in [5.41, 5.74) is 8.63. The Hall–Kier alpha value is -1.45. The third-order valence-electron chi connectivity index (χ3n) is 4.41. The summed E-state index contributed by atoms with van der Waals surface area (Å²) in [6.45, 7) is 4.39. The van der Waals surface area contributed by atoms with Crippen molar-refractivity contribution in [1.29, 1.82) is 0 Å². The van der Waals surface area contributed by atoms with E-state index in [2.05, 4.69) is 62.1 Å². The fourth-order valence-corrected chi connectivity index (χ4v) is 2.53. The topological polar surface area (TPSA) is 42.1 Å². The molecule has 102 valence electrons. The molecule has 1 aromatic heterocycles. The molecule has 0 amide bonds. The van der Waals surface area contributed by atoms with Crippen molar-refractivity contribution in [1.82, 2.24) is 9.88 Å². The van der Waals surface area contributed by atoms with Crippen molar-refractivity contribution in [2.75, 3.05) is 14.1 Å². The smallest absolute Gasteiger partial charge is 0.0750 e. The van der Waals surface area contributed by atoms with Crippen LogP contribution in [0.15, 0.2) is 36.5 Å². The first-order valence-corrected chi connectivity index (χ1v) is 6.77. The second-order valence-electron chi connectivity index (χ2n) is 5.51. The van der Waals surface area contributed by atoms with Gasteiger partial charge in [-0.05, 0) is 39.1 Å². The molecule has 3 nitrogen and oxygen atoms in total.